The molecule has 7 heteroatoms. The second kappa shape index (κ2) is 7.29. The number of rotatable bonds is 6. The van der Waals surface area contributed by atoms with Gasteiger partial charge in [-0.2, -0.15) is 0 Å². The lowest BCUT2D eigenvalue weighted by Gasteiger charge is -2.12. The van der Waals surface area contributed by atoms with Gasteiger partial charge in [-0.15, -0.1) is 0 Å². The van der Waals surface area contributed by atoms with Crippen LogP contribution in [-0.2, 0) is 4.79 Å². The monoisotopic (exact) mass is 346 g/mol. The van der Waals surface area contributed by atoms with E-state index in [4.69, 9.17) is 4.74 Å². The van der Waals surface area contributed by atoms with E-state index < -0.39 is 24.1 Å². The lowest BCUT2D eigenvalue weighted by molar-refractivity contribution is -0.118. The van der Waals surface area contributed by atoms with Gasteiger partial charge in [-0.05, 0) is 37.1 Å². The molecular formula is C18H16F2N2O3. The fraction of sp³-hybridized carbons (Fsp3) is 0.222. The van der Waals surface area contributed by atoms with Crippen molar-refractivity contribution in [2.75, 3.05) is 11.9 Å². The maximum atomic E-state index is 13.5. The van der Waals surface area contributed by atoms with E-state index in [1.807, 2.05) is 0 Å². The predicted octanol–water partition coefficient (Wildman–Crippen LogP) is 2.87. The van der Waals surface area contributed by atoms with E-state index in [1.165, 1.54) is 0 Å². The minimum absolute atomic E-state index is 0.195. The molecule has 3 rings (SSSR count). The van der Waals surface area contributed by atoms with Gasteiger partial charge in [0.1, 0.15) is 5.82 Å². The molecule has 0 atom stereocenters. The summed E-state index contributed by atoms with van der Waals surface area (Å²) in [6.45, 7) is -0.471. The molecule has 0 saturated heterocycles. The Morgan fingerprint density at radius 1 is 1.12 bits per heavy atom. The van der Waals surface area contributed by atoms with Crippen LogP contribution in [0.2, 0.25) is 0 Å². The van der Waals surface area contributed by atoms with Gasteiger partial charge in [0.25, 0.3) is 11.8 Å². The van der Waals surface area contributed by atoms with Crippen LogP contribution < -0.4 is 15.4 Å². The van der Waals surface area contributed by atoms with Crippen LogP contribution in [0.15, 0.2) is 42.5 Å². The second-order valence-electron chi connectivity index (χ2n) is 5.70. The third kappa shape index (κ3) is 4.53. The van der Waals surface area contributed by atoms with Crippen LogP contribution in [-0.4, -0.2) is 24.5 Å². The fourth-order valence-corrected chi connectivity index (χ4v) is 2.20. The summed E-state index contributed by atoms with van der Waals surface area (Å²) in [7, 11) is 0. The molecule has 2 N–H and O–H groups in total. The fourth-order valence-electron chi connectivity index (χ4n) is 2.20. The summed E-state index contributed by atoms with van der Waals surface area (Å²) in [6.07, 6.45) is 1.91. The minimum atomic E-state index is -0.892. The molecule has 0 unspecified atom stereocenters. The van der Waals surface area contributed by atoms with Gasteiger partial charge in [0.15, 0.2) is 18.2 Å². The average Bonchev–Trinajstić information content (AvgIpc) is 3.38. The first-order valence-corrected chi connectivity index (χ1v) is 7.80. The van der Waals surface area contributed by atoms with E-state index in [2.05, 4.69) is 10.6 Å². The number of carbonyl (C=O) groups excluding carboxylic acids is 2. The minimum Gasteiger partial charge on any atom is -0.481 e. The Morgan fingerprint density at radius 2 is 1.88 bits per heavy atom. The summed E-state index contributed by atoms with van der Waals surface area (Å²) in [5.74, 6) is -2.67. The van der Waals surface area contributed by atoms with Crippen LogP contribution in [0.1, 0.15) is 23.2 Å². The summed E-state index contributed by atoms with van der Waals surface area (Å²) in [4.78, 5) is 24.2. The predicted molar refractivity (Wildman–Crippen MR) is 87.4 cm³/mol. The summed E-state index contributed by atoms with van der Waals surface area (Å²) in [5, 5.41) is 5.41. The zero-order valence-electron chi connectivity index (χ0n) is 13.2. The molecule has 2 amide bonds. The number of halogens is 2. The molecule has 2 aromatic carbocycles. The SMILES string of the molecule is O=C(COc1ccc(F)cc1F)Nc1ccccc1C(=O)NC1CC1. The largest absolute Gasteiger partial charge is 0.481 e. The quantitative estimate of drug-likeness (QED) is 0.845. The van der Waals surface area contributed by atoms with Gasteiger partial charge in [-0.3, -0.25) is 9.59 Å². The van der Waals surface area contributed by atoms with Crippen LogP contribution in [0.5, 0.6) is 5.75 Å². The Labute approximate surface area is 143 Å². The highest BCUT2D eigenvalue weighted by molar-refractivity contribution is 6.04. The number of hydrogen-bond acceptors (Lipinski definition) is 3. The van der Waals surface area contributed by atoms with E-state index in [0.29, 0.717) is 17.3 Å². The molecule has 0 spiro atoms. The number of benzene rings is 2. The van der Waals surface area contributed by atoms with Crippen molar-refractivity contribution in [1.29, 1.82) is 0 Å². The van der Waals surface area contributed by atoms with Gasteiger partial charge in [0, 0.05) is 12.1 Å². The van der Waals surface area contributed by atoms with Crippen molar-refractivity contribution in [3.63, 3.8) is 0 Å². The van der Waals surface area contributed by atoms with Gasteiger partial charge in [0.05, 0.1) is 11.3 Å². The maximum absolute atomic E-state index is 13.5. The Hall–Kier alpha value is -2.96. The molecule has 0 radical (unpaired) electrons. The first-order chi connectivity index (χ1) is 12.0. The van der Waals surface area contributed by atoms with E-state index >= 15 is 0 Å². The zero-order valence-corrected chi connectivity index (χ0v) is 13.2. The van der Waals surface area contributed by atoms with Crippen LogP contribution >= 0.6 is 0 Å². The topological polar surface area (TPSA) is 67.4 Å². The third-order valence-electron chi connectivity index (χ3n) is 3.61. The van der Waals surface area contributed by atoms with Crippen LogP contribution in [0.4, 0.5) is 14.5 Å². The zero-order chi connectivity index (χ0) is 17.8. The molecule has 25 heavy (non-hydrogen) atoms. The molecule has 130 valence electrons. The van der Waals surface area contributed by atoms with Crippen molar-refractivity contribution in [2.45, 2.75) is 18.9 Å². The molecular weight excluding hydrogens is 330 g/mol. The molecule has 0 heterocycles. The molecule has 0 aromatic heterocycles. The summed E-state index contributed by atoms with van der Waals surface area (Å²) >= 11 is 0. The number of anilines is 1. The number of para-hydroxylation sites is 1. The van der Waals surface area contributed by atoms with Crippen LogP contribution in [0, 0.1) is 11.6 Å². The smallest absolute Gasteiger partial charge is 0.262 e. The highest BCUT2D eigenvalue weighted by atomic mass is 19.1. The lowest BCUT2D eigenvalue weighted by Crippen LogP contribution is -2.28. The Balaban J connectivity index is 1.61. The number of nitrogens with one attached hydrogen (secondary N) is 2. The Morgan fingerprint density at radius 3 is 2.60 bits per heavy atom. The summed E-state index contributed by atoms with van der Waals surface area (Å²) in [6, 6.07) is 9.59. The lowest BCUT2D eigenvalue weighted by atomic mass is 10.1. The first kappa shape index (κ1) is 16.9. The van der Waals surface area contributed by atoms with Gasteiger partial charge >= 0.3 is 0 Å². The van der Waals surface area contributed by atoms with Gasteiger partial charge in [0.2, 0.25) is 0 Å². The van der Waals surface area contributed by atoms with Crippen molar-refractivity contribution in [1.82, 2.24) is 5.32 Å². The van der Waals surface area contributed by atoms with Crippen molar-refractivity contribution < 1.29 is 23.1 Å². The molecule has 5 nitrogen and oxygen atoms in total. The highest BCUT2D eigenvalue weighted by Gasteiger charge is 2.25. The van der Waals surface area contributed by atoms with E-state index in [9.17, 15) is 18.4 Å². The number of hydrogen-bond donors (Lipinski definition) is 2. The standard InChI is InChI=1S/C18H16F2N2O3/c19-11-5-8-16(14(20)9-11)25-10-17(23)22-15-4-2-1-3-13(15)18(24)21-12-6-7-12/h1-5,8-9,12H,6-7,10H2,(H,21,24)(H,22,23). The van der Waals surface area contributed by atoms with Crippen LogP contribution in [0.3, 0.4) is 0 Å². The number of ether oxygens (including phenoxy) is 1. The van der Waals surface area contributed by atoms with E-state index in [-0.39, 0.29) is 17.7 Å². The van der Waals surface area contributed by atoms with Gasteiger partial charge in [-0.25, -0.2) is 8.78 Å². The van der Waals surface area contributed by atoms with E-state index in [1.54, 1.807) is 24.3 Å². The van der Waals surface area contributed by atoms with Gasteiger partial charge < -0.3 is 15.4 Å². The van der Waals surface area contributed by atoms with Crippen molar-refractivity contribution in [3.8, 4) is 5.75 Å². The van der Waals surface area contributed by atoms with Gasteiger partial charge in [-0.1, -0.05) is 12.1 Å². The molecule has 2 aromatic rings. The van der Waals surface area contributed by atoms with Crippen LogP contribution in [0.25, 0.3) is 0 Å². The Bertz CT molecular complexity index is 807. The normalized spacial score (nSPS) is 13.2. The molecule has 1 fully saturated rings. The first-order valence-electron chi connectivity index (χ1n) is 7.80. The van der Waals surface area contributed by atoms with Crippen molar-refractivity contribution >= 4 is 17.5 Å². The molecule has 0 aliphatic heterocycles. The molecule has 0 bridgehead atoms. The third-order valence-corrected chi connectivity index (χ3v) is 3.61. The summed E-state index contributed by atoms with van der Waals surface area (Å²) in [5.41, 5.74) is 0.685. The second-order valence-corrected chi connectivity index (χ2v) is 5.70. The van der Waals surface area contributed by atoms with Crippen molar-refractivity contribution in [2.24, 2.45) is 0 Å². The number of carbonyl (C=O) groups is 2. The maximum Gasteiger partial charge on any atom is 0.262 e. The number of amides is 2. The highest BCUT2D eigenvalue weighted by Crippen LogP contribution is 2.22. The Kier molecular flexibility index (Phi) is 4.92. The molecule has 1 aliphatic rings. The molecule has 1 saturated carbocycles. The molecule has 1 aliphatic carbocycles. The van der Waals surface area contributed by atoms with Crippen molar-refractivity contribution in [3.05, 3.63) is 59.7 Å². The average molecular weight is 346 g/mol. The summed E-state index contributed by atoms with van der Waals surface area (Å²) < 4.78 is 31.4. The van der Waals surface area contributed by atoms with E-state index in [0.717, 1.165) is 25.0 Å².